The molecule has 4 nitrogen and oxygen atoms in total. The molecular formula is C15H15N3OS2. The number of thioether (sulfide) groups is 1. The molecule has 0 aliphatic carbocycles. The lowest BCUT2D eigenvalue weighted by Crippen LogP contribution is -1.97. The van der Waals surface area contributed by atoms with Crippen LogP contribution in [0.25, 0.3) is 10.9 Å². The Kier molecular flexibility index (Phi) is 3.98. The Hall–Kier alpha value is -1.79. The highest BCUT2D eigenvalue weighted by Crippen LogP contribution is 2.30. The van der Waals surface area contributed by atoms with Crippen LogP contribution >= 0.6 is 23.1 Å². The second kappa shape index (κ2) is 5.91. The molecule has 0 aliphatic rings. The summed E-state index contributed by atoms with van der Waals surface area (Å²) in [5.41, 5.74) is 9.01. The number of benzene rings is 1. The third-order valence-corrected chi connectivity index (χ3v) is 5.27. The van der Waals surface area contributed by atoms with Crippen molar-refractivity contribution >= 4 is 39.8 Å². The average molecular weight is 317 g/mol. The number of fused-ring (bicyclic) bond motifs is 1. The van der Waals surface area contributed by atoms with Gasteiger partial charge in [0.05, 0.1) is 12.6 Å². The molecule has 108 valence electrons. The summed E-state index contributed by atoms with van der Waals surface area (Å²) in [6, 6.07) is 7.92. The van der Waals surface area contributed by atoms with Crippen molar-refractivity contribution in [2.75, 3.05) is 12.8 Å². The highest BCUT2D eigenvalue weighted by molar-refractivity contribution is 8.00. The first-order valence-electron chi connectivity index (χ1n) is 6.44. The molecule has 0 bridgehead atoms. The third kappa shape index (κ3) is 3.11. The van der Waals surface area contributed by atoms with E-state index in [2.05, 4.69) is 21.4 Å². The molecule has 0 aliphatic heterocycles. The minimum absolute atomic E-state index is 0.566. The molecule has 2 aromatic heterocycles. The van der Waals surface area contributed by atoms with Crippen molar-refractivity contribution in [3.8, 4) is 5.75 Å². The molecule has 0 unspecified atom stereocenters. The first-order chi connectivity index (χ1) is 10.2. The molecule has 2 heterocycles. The number of hydrogen-bond acceptors (Lipinski definition) is 6. The van der Waals surface area contributed by atoms with E-state index in [4.69, 9.17) is 10.5 Å². The van der Waals surface area contributed by atoms with Crippen molar-refractivity contribution in [1.82, 2.24) is 9.97 Å². The van der Waals surface area contributed by atoms with Gasteiger partial charge in [0.25, 0.3) is 0 Å². The SMILES string of the molecule is COc1ccc2cc(CSc3nc(C)cs3)c(N)nc2c1. The summed E-state index contributed by atoms with van der Waals surface area (Å²) in [6.07, 6.45) is 0. The predicted molar refractivity (Wildman–Crippen MR) is 89.1 cm³/mol. The maximum atomic E-state index is 6.07. The Bertz CT molecular complexity index is 786. The van der Waals surface area contributed by atoms with Crippen molar-refractivity contribution < 1.29 is 4.74 Å². The molecule has 0 atom stereocenters. The van der Waals surface area contributed by atoms with Crippen LogP contribution in [-0.4, -0.2) is 17.1 Å². The van der Waals surface area contributed by atoms with Gasteiger partial charge in [0.2, 0.25) is 0 Å². The highest BCUT2D eigenvalue weighted by Gasteiger charge is 2.07. The largest absolute Gasteiger partial charge is 0.497 e. The fraction of sp³-hybridized carbons (Fsp3) is 0.200. The first kappa shape index (κ1) is 14.2. The van der Waals surface area contributed by atoms with E-state index in [1.165, 1.54) is 0 Å². The lowest BCUT2D eigenvalue weighted by atomic mass is 10.1. The second-order valence-corrected chi connectivity index (χ2v) is 6.72. The van der Waals surface area contributed by atoms with Gasteiger partial charge in [0, 0.05) is 33.8 Å². The van der Waals surface area contributed by atoms with Gasteiger partial charge in [-0.15, -0.1) is 11.3 Å². The number of nitrogens with two attached hydrogens (primary N) is 1. The fourth-order valence-electron chi connectivity index (χ4n) is 1.99. The van der Waals surface area contributed by atoms with Crippen LogP contribution in [0.3, 0.4) is 0 Å². The van der Waals surface area contributed by atoms with Crippen molar-refractivity contribution in [2.45, 2.75) is 17.0 Å². The molecule has 0 saturated carbocycles. The number of ether oxygens (including phenoxy) is 1. The smallest absolute Gasteiger partial charge is 0.150 e. The minimum Gasteiger partial charge on any atom is -0.497 e. The van der Waals surface area contributed by atoms with Gasteiger partial charge in [-0.2, -0.15) is 0 Å². The number of methoxy groups -OCH3 is 1. The number of thiazole rings is 1. The Labute approximate surface area is 131 Å². The summed E-state index contributed by atoms with van der Waals surface area (Å²) in [4.78, 5) is 8.91. The molecule has 0 spiro atoms. The Balaban J connectivity index is 1.86. The van der Waals surface area contributed by atoms with Crippen LogP contribution in [0.5, 0.6) is 5.75 Å². The van der Waals surface area contributed by atoms with E-state index in [0.29, 0.717) is 5.82 Å². The summed E-state index contributed by atoms with van der Waals surface area (Å²) in [6.45, 7) is 2.00. The average Bonchev–Trinajstić information content (AvgIpc) is 2.90. The van der Waals surface area contributed by atoms with Crippen molar-refractivity contribution in [1.29, 1.82) is 0 Å². The number of rotatable bonds is 4. The van der Waals surface area contributed by atoms with Crippen molar-refractivity contribution in [3.63, 3.8) is 0 Å². The summed E-state index contributed by atoms with van der Waals surface area (Å²) in [7, 11) is 1.64. The Morgan fingerprint density at radius 2 is 2.14 bits per heavy atom. The van der Waals surface area contributed by atoms with E-state index in [0.717, 1.165) is 38.0 Å². The van der Waals surface area contributed by atoms with Crippen molar-refractivity contribution in [2.24, 2.45) is 0 Å². The van der Waals surface area contributed by atoms with Crippen LogP contribution in [0.15, 0.2) is 34.0 Å². The van der Waals surface area contributed by atoms with Gasteiger partial charge in [-0.3, -0.25) is 0 Å². The minimum atomic E-state index is 0.566. The van der Waals surface area contributed by atoms with E-state index in [9.17, 15) is 0 Å². The van der Waals surface area contributed by atoms with Crippen LogP contribution in [-0.2, 0) is 5.75 Å². The van der Waals surface area contributed by atoms with Crippen LogP contribution in [0.1, 0.15) is 11.3 Å². The number of aryl methyl sites for hydroxylation is 1. The summed E-state index contributed by atoms with van der Waals surface area (Å²) in [5.74, 6) is 2.12. The standard InChI is InChI=1S/C15H15N3OS2/c1-9-7-20-15(17-9)21-8-11-5-10-3-4-12(19-2)6-13(10)18-14(11)16/h3-7H,8H2,1-2H3,(H2,16,18). The molecule has 0 saturated heterocycles. The quantitative estimate of drug-likeness (QED) is 0.740. The van der Waals surface area contributed by atoms with Gasteiger partial charge in [-0.25, -0.2) is 9.97 Å². The lowest BCUT2D eigenvalue weighted by Gasteiger charge is -2.07. The molecule has 1 aromatic carbocycles. The zero-order valence-corrected chi connectivity index (χ0v) is 13.4. The first-order valence-corrected chi connectivity index (χ1v) is 8.30. The molecule has 0 amide bonds. The maximum Gasteiger partial charge on any atom is 0.150 e. The number of anilines is 1. The normalized spacial score (nSPS) is 11.0. The lowest BCUT2D eigenvalue weighted by molar-refractivity contribution is 0.415. The zero-order valence-electron chi connectivity index (χ0n) is 11.8. The molecule has 3 aromatic rings. The molecule has 6 heteroatoms. The molecule has 0 fully saturated rings. The van der Waals surface area contributed by atoms with Crippen LogP contribution in [0.4, 0.5) is 5.82 Å². The van der Waals surface area contributed by atoms with Crippen LogP contribution < -0.4 is 10.5 Å². The topological polar surface area (TPSA) is 61.0 Å². The van der Waals surface area contributed by atoms with E-state index in [1.54, 1.807) is 30.2 Å². The number of aromatic nitrogens is 2. The molecule has 21 heavy (non-hydrogen) atoms. The highest BCUT2D eigenvalue weighted by atomic mass is 32.2. The monoisotopic (exact) mass is 317 g/mol. The Morgan fingerprint density at radius 1 is 1.29 bits per heavy atom. The van der Waals surface area contributed by atoms with E-state index in [1.807, 2.05) is 25.1 Å². The summed E-state index contributed by atoms with van der Waals surface area (Å²) >= 11 is 3.34. The number of pyridine rings is 1. The molecular weight excluding hydrogens is 302 g/mol. The van der Waals surface area contributed by atoms with E-state index < -0.39 is 0 Å². The number of hydrogen-bond donors (Lipinski definition) is 1. The van der Waals surface area contributed by atoms with Crippen molar-refractivity contribution in [3.05, 3.63) is 40.9 Å². The van der Waals surface area contributed by atoms with Gasteiger partial charge >= 0.3 is 0 Å². The second-order valence-electron chi connectivity index (χ2n) is 4.63. The zero-order chi connectivity index (χ0) is 14.8. The van der Waals surface area contributed by atoms with Gasteiger partial charge in [0.15, 0.2) is 0 Å². The third-order valence-electron chi connectivity index (χ3n) is 3.09. The number of nitrogen functional groups attached to an aromatic ring is 1. The summed E-state index contributed by atoms with van der Waals surface area (Å²) < 4.78 is 6.27. The Morgan fingerprint density at radius 3 is 2.86 bits per heavy atom. The maximum absolute atomic E-state index is 6.07. The van der Waals surface area contributed by atoms with E-state index in [-0.39, 0.29) is 0 Å². The van der Waals surface area contributed by atoms with Gasteiger partial charge in [-0.05, 0) is 25.1 Å². The molecule has 3 rings (SSSR count). The fourth-order valence-corrected chi connectivity index (χ4v) is 3.82. The van der Waals surface area contributed by atoms with Gasteiger partial charge in [0.1, 0.15) is 15.9 Å². The summed E-state index contributed by atoms with van der Waals surface area (Å²) in [5, 5.41) is 3.12. The van der Waals surface area contributed by atoms with Gasteiger partial charge < -0.3 is 10.5 Å². The molecule has 0 radical (unpaired) electrons. The number of nitrogens with zero attached hydrogens (tertiary/aromatic N) is 2. The van der Waals surface area contributed by atoms with Crippen LogP contribution in [0.2, 0.25) is 0 Å². The van der Waals surface area contributed by atoms with E-state index >= 15 is 0 Å². The molecule has 2 N–H and O–H groups in total. The van der Waals surface area contributed by atoms with Crippen LogP contribution in [0, 0.1) is 6.92 Å². The predicted octanol–water partition coefficient (Wildman–Crippen LogP) is 3.88. The van der Waals surface area contributed by atoms with Gasteiger partial charge in [-0.1, -0.05) is 11.8 Å².